The van der Waals surface area contributed by atoms with E-state index >= 15 is 0 Å². The molecular weight excluding hydrogens is 422 g/mol. The number of rotatable bonds is 1. The van der Waals surface area contributed by atoms with Gasteiger partial charge in [0.2, 0.25) is 0 Å². The Morgan fingerprint density at radius 3 is 2.33 bits per heavy atom. The van der Waals surface area contributed by atoms with E-state index in [2.05, 4.69) is 5.10 Å². The minimum atomic E-state index is -0.0562. The van der Waals surface area contributed by atoms with E-state index in [0.717, 1.165) is 11.3 Å². The van der Waals surface area contributed by atoms with Crippen LogP contribution >= 0.6 is 45.5 Å². The molecule has 0 aliphatic carbocycles. The summed E-state index contributed by atoms with van der Waals surface area (Å²) in [6.07, 6.45) is 0. The third-order valence-electron chi connectivity index (χ3n) is 1.95. The van der Waals surface area contributed by atoms with Gasteiger partial charge in [-0.05, 0) is 46.9 Å². The van der Waals surface area contributed by atoms with E-state index < -0.39 is 0 Å². The lowest BCUT2D eigenvalue weighted by Gasteiger charge is -1.98. The van der Waals surface area contributed by atoms with Crippen molar-refractivity contribution in [1.29, 1.82) is 0 Å². The molecule has 0 fully saturated rings. The Morgan fingerprint density at radius 1 is 1.27 bits per heavy atom. The molecule has 6 heteroatoms. The SMILES string of the molecule is O=c1c(I)c(-c2ccc(O)cc2)[nH]n1I. The highest BCUT2D eigenvalue weighted by atomic mass is 127. The maximum Gasteiger partial charge on any atom is 0.289 e. The van der Waals surface area contributed by atoms with Crippen molar-refractivity contribution in [2.75, 3.05) is 0 Å². The largest absolute Gasteiger partial charge is 0.508 e. The molecule has 4 nitrogen and oxygen atoms in total. The predicted molar refractivity (Wildman–Crippen MR) is 74.3 cm³/mol. The second-order valence-corrected chi connectivity index (χ2v) is 4.98. The molecule has 1 aromatic carbocycles. The van der Waals surface area contributed by atoms with Crippen molar-refractivity contribution >= 4 is 45.5 Å². The number of hydrogen-bond acceptors (Lipinski definition) is 2. The highest BCUT2D eigenvalue weighted by molar-refractivity contribution is 14.1. The first-order valence-electron chi connectivity index (χ1n) is 4.05. The zero-order valence-corrected chi connectivity index (χ0v) is 11.7. The minimum Gasteiger partial charge on any atom is -0.508 e. The van der Waals surface area contributed by atoms with Crippen LogP contribution in [0.2, 0.25) is 0 Å². The van der Waals surface area contributed by atoms with E-state index in [1.54, 1.807) is 24.3 Å². The molecule has 0 aliphatic heterocycles. The molecule has 78 valence electrons. The standard InChI is InChI=1S/C9H6I2N2O2/c10-7-8(12-13(11)9(7)15)5-1-3-6(14)4-2-5/h1-4,12,14H. The van der Waals surface area contributed by atoms with Gasteiger partial charge in [0.1, 0.15) is 9.32 Å². The predicted octanol–water partition coefficient (Wildman–Crippen LogP) is 2.35. The van der Waals surface area contributed by atoms with Crippen molar-refractivity contribution in [3.63, 3.8) is 0 Å². The molecule has 15 heavy (non-hydrogen) atoms. The van der Waals surface area contributed by atoms with Crippen LogP contribution in [0.1, 0.15) is 0 Å². The summed E-state index contributed by atoms with van der Waals surface area (Å²) in [4.78, 5) is 11.5. The Bertz CT molecular complexity index is 542. The zero-order chi connectivity index (χ0) is 11.0. The summed E-state index contributed by atoms with van der Waals surface area (Å²) in [7, 11) is 0. The fraction of sp³-hybridized carbons (Fsp3) is 0. The van der Waals surface area contributed by atoms with Crippen molar-refractivity contribution in [3.05, 3.63) is 38.2 Å². The quantitative estimate of drug-likeness (QED) is 0.686. The van der Waals surface area contributed by atoms with Crippen LogP contribution in [0.25, 0.3) is 11.3 Å². The highest BCUT2D eigenvalue weighted by Gasteiger charge is 2.11. The van der Waals surface area contributed by atoms with Crippen LogP contribution in [0, 0.1) is 3.57 Å². The number of H-pyrrole nitrogens is 1. The van der Waals surface area contributed by atoms with Crippen LogP contribution in [0.3, 0.4) is 0 Å². The van der Waals surface area contributed by atoms with Gasteiger partial charge in [0, 0.05) is 5.56 Å². The van der Waals surface area contributed by atoms with E-state index in [9.17, 15) is 4.79 Å². The average Bonchev–Trinajstić information content (AvgIpc) is 2.47. The van der Waals surface area contributed by atoms with Crippen molar-refractivity contribution in [3.8, 4) is 17.0 Å². The van der Waals surface area contributed by atoms with Gasteiger partial charge in [-0.1, -0.05) is 0 Å². The molecule has 0 aliphatic rings. The maximum atomic E-state index is 11.5. The topological polar surface area (TPSA) is 58.0 Å². The first kappa shape index (κ1) is 11.0. The summed E-state index contributed by atoms with van der Waals surface area (Å²) in [6, 6.07) is 6.71. The van der Waals surface area contributed by atoms with Crippen LogP contribution in [0.5, 0.6) is 5.75 Å². The van der Waals surface area contributed by atoms with E-state index in [4.69, 9.17) is 5.11 Å². The molecule has 0 atom stereocenters. The number of aromatic amines is 1. The van der Waals surface area contributed by atoms with Crippen molar-refractivity contribution < 1.29 is 5.11 Å². The Hall–Kier alpha value is -0.510. The van der Waals surface area contributed by atoms with Gasteiger partial charge in [-0.25, -0.2) is 0 Å². The maximum absolute atomic E-state index is 11.5. The number of nitrogens with one attached hydrogen (secondary N) is 1. The third kappa shape index (κ3) is 2.05. The van der Waals surface area contributed by atoms with Crippen LogP contribution in [-0.2, 0) is 0 Å². The van der Waals surface area contributed by atoms with Gasteiger partial charge in [-0.3, -0.25) is 9.89 Å². The normalized spacial score (nSPS) is 10.5. The lowest BCUT2D eigenvalue weighted by molar-refractivity contribution is 0.475. The van der Waals surface area contributed by atoms with E-state index in [1.165, 1.54) is 2.90 Å². The van der Waals surface area contributed by atoms with Gasteiger partial charge < -0.3 is 5.11 Å². The molecule has 0 amide bonds. The molecule has 0 spiro atoms. The fourth-order valence-corrected chi connectivity index (χ4v) is 2.83. The lowest BCUT2D eigenvalue weighted by atomic mass is 10.1. The fourth-order valence-electron chi connectivity index (χ4n) is 1.21. The average molecular weight is 428 g/mol. The molecule has 2 aromatic rings. The summed E-state index contributed by atoms with van der Waals surface area (Å²) in [5, 5.41) is 12.1. The third-order valence-corrected chi connectivity index (χ3v) is 3.63. The first-order valence-corrected chi connectivity index (χ1v) is 6.10. The number of hydrogen-bond donors (Lipinski definition) is 2. The van der Waals surface area contributed by atoms with Crippen molar-refractivity contribution in [2.45, 2.75) is 0 Å². The van der Waals surface area contributed by atoms with Gasteiger partial charge >= 0.3 is 0 Å². The smallest absolute Gasteiger partial charge is 0.289 e. The monoisotopic (exact) mass is 428 g/mol. The Balaban J connectivity index is 2.59. The number of benzene rings is 1. The zero-order valence-electron chi connectivity index (χ0n) is 7.37. The van der Waals surface area contributed by atoms with Crippen LogP contribution in [0.4, 0.5) is 0 Å². The summed E-state index contributed by atoms with van der Waals surface area (Å²) >= 11 is 3.90. The molecule has 1 heterocycles. The Labute approximate surface area is 113 Å². The summed E-state index contributed by atoms with van der Waals surface area (Å²) in [6.45, 7) is 0. The number of phenolic OH excluding ortho intramolecular Hbond substituents is 1. The van der Waals surface area contributed by atoms with Crippen LogP contribution in [-0.4, -0.2) is 13.1 Å². The molecule has 1 aromatic heterocycles. The Morgan fingerprint density at radius 2 is 1.87 bits per heavy atom. The van der Waals surface area contributed by atoms with E-state index in [-0.39, 0.29) is 11.3 Å². The van der Waals surface area contributed by atoms with Gasteiger partial charge in [0.15, 0.2) is 0 Å². The van der Waals surface area contributed by atoms with Crippen molar-refractivity contribution in [2.24, 2.45) is 0 Å². The molecule has 0 bridgehead atoms. The lowest BCUT2D eigenvalue weighted by Crippen LogP contribution is -2.08. The molecule has 2 rings (SSSR count). The summed E-state index contributed by atoms with van der Waals surface area (Å²) in [5.74, 6) is 0.213. The van der Waals surface area contributed by atoms with Gasteiger partial charge in [-0.15, -0.1) is 0 Å². The number of phenols is 1. The number of aromatic hydroxyl groups is 1. The number of nitrogens with zero attached hydrogens (tertiary/aromatic N) is 1. The molecule has 2 N–H and O–H groups in total. The minimum absolute atomic E-state index is 0.0562. The van der Waals surface area contributed by atoms with Gasteiger partial charge in [0.25, 0.3) is 5.56 Å². The first-order chi connectivity index (χ1) is 7.09. The van der Waals surface area contributed by atoms with E-state index in [1.807, 2.05) is 45.5 Å². The highest BCUT2D eigenvalue weighted by Crippen LogP contribution is 2.23. The van der Waals surface area contributed by atoms with Gasteiger partial charge in [-0.2, -0.15) is 2.90 Å². The second kappa shape index (κ2) is 4.16. The molecule has 0 radical (unpaired) electrons. The van der Waals surface area contributed by atoms with Gasteiger partial charge in [0.05, 0.1) is 28.6 Å². The van der Waals surface area contributed by atoms with Crippen LogP contribution in [0.15, 0.2) is 29.1 Å². The van der Waals surface area contributed by atoms with E-state index in [0.29, 0.717) is 3.57 Å². The number of halogens is 2. The van der Waals surface area contributed by atoms with Crippen LogP contribution < -0.4 is 5.56 Å². The molecule has 0 unspecified atom stereocenters. The summed E-state index contributed by atoms with van der Waals surface area (Å²) < 4.78 is 2.05. The number of aromatic nitrogens is 2. The molecule has 0 saturated heterocycles. The molecule has 0 saturated carbocycles. The second-order valence-electron chi connectivity index (χ2n) is 2.93. The molecular formula is C9H6I2N2O2. The Kier molecular flexibility index (Phi) is 3.05. The summed E-state index contributed by atoms with van der Waals surface area (Å²) in [5.41, 5.74) is 1.60. The van der Waals surface area contributed by atoms with Crippen molar-refractivity contribution in [1.82, 2.24) is 7.99 Å².